The molecule has 5 heteroatoms. The largest absolute Gasteiger partial charge is 0.465 e. The molecule has 1 aromatic rings. The number of hydrogen-bond donors (Lipinski definition) is 2. The highest BCUT2D eigenvalue weighted by Gasteiger charge is 2.12. The van der Waals surface area contributed by atoms with Crippen molar-refractivity contribution in [1.29, 1.82) is 0 Å². The summed E-state index contributed by atoms with van der Waals surface area (Å²) in [6.07, 6.45) is 3.12. The van der Waals surface area contributed by atoms with Gasteiger partial charge in [0.1, 0.15) is 0 Å². The van der Waals surface area contributed by atoms with Gasteiger partial charge in [0.2, 0.25) is 0 Å². The predicted octanol–water partition coefficient (Wildman–Crippen LogP) is 2.61. The molecule has 0 spiro atoms. The van der Waals surface area contributed by atoms with Crippen LogP contribution in [0.4, 0.5) is 11.4 Å². The normalized spacial score (nSPS) is 11.9. The van der Waals surface area contributed by atoms with Crippen molar-refractivity contribution in [1.82, 2.24) is 0 Å². The van der Waals surface area contributed by atoms with Crippen LogP contribution < -0.4 is 11.1 Å². The minimum absolute atomic E-state index is 0.372. The second-order valence-electron chi connectivity index (χ2n) is 4.06. The van der Waals surface area contributed by atoms with E-state index in [0.717, 1.165) is 18.7 Å². The average Bonchev–Trinajstić information content (AvgIpc) is 2.39. The number of esters is 1. The molecular weight excluding hydrogens is 248 g/mol. The molecule has 100 valence electrons. The zero-order valence-electron chi connectivity index (χ0n) is 11.0. The van der Waals surface area contributed by atoms with Crippen LogP contribution in [0.5, 0.6) is 0 Å². The molecule has 0 radical (unpaired) electrons. The fraction of sp³-hybridized carbons (Fsp3) is 0.462. The maximum absolute atomic E-state index is 11.6. The second kappa shape index (κ2) is 7.16. The van der Waals surface area contributed by atoms with Crippen molar-refractivity contribution in [3.05, 3.63) is 23.8 Å². The van der Waals surface area contributed by atoms with Crippen molar-refractivity contribution in [3.63, 3.8) is 0 Å². The van der Waals surface area contributed by atoms with E-state index in [0.29, 0.717) is 16.5 Å². The molecule has 0 fully saturated rings. The lowest BCUT2D eigenvalue weighted by Crippen LogP contribution is -2.12. The van der Waals surface area contributed by atoms with Gasteiger partial charge in [-0.25, -0.2) is 4.79 Å². The smallest absolute Gasteiger partial charge is 0.340 e. The highest BCUT2D eigenvalue weighted by Crippen LogP contribution is 2.20. The summed E-state index contributed by atoms with van der Waals surface area (Å²) >= 11 is 1.83. The Morgan fingerprint density at radius 2 is 2.28 bits per heavy atom. The van der Waals surface area contributed by atoms with Crippen molar-refractivity contribution in [2.45, 2.75) is 18.6 Å². The fourth-order valence-corrected chi connectivity index (χ4v) is 1.88. The van der Waals surface area contributed by atoms with E-state index in [-0.39, 0.29) is 5.97 Å². The number of rotatable bonds is 6. The number of thioether (sulfide) groups is 1. The summed E-state index contributed by atoms with van der Waals surface area (Å²) in [5.41, 5.74) is 7.48. The monoisotopic (exact) mass is 268 g/mol. The van der Waals surface area contributed by atoms with Gasteiger partial charge in [0.25, 0.3) is 0 Å². The summed E-state index contributed by atoms with van der Waals surface area (Å²) in [7, 11) is 1.37. The maximum atomic E-state index is 11.6. The van der Waals surface area contributed by atoms with Crippen molar-refractivity contribution in [2.24, 2.45) is 0 Å². The van der Waals surface area contributed by atoms with Crippen molar-refractivity contribution in [2.75, 3.05) is 31.0 Å². The number of anilines is 2. The molecule has 4 nitrogen and oxygen atoms in total. The molecule has 0 bridgehead atoms. The van der Waals surface area contributed by atoms with Gasteiger partial charge in [-0.15, -0.1) is 0 Å². The highest BCUT2D eigenvalue weighted by molar-refractivity contribution is 7.99. The molecule has 0 saturated carbocycles. The van der Waals surface area contributed by atoms with Gasteiger partial charge in [-0.2, -0.15) is 11.8 Å². The lowest BCUT2D eigenvalue weighted by atomic mass is 10.1. The number of nitrogen functional groups attached to an aromatic ring is 1. The maximum Gasteiger partial charge on any atom is 0.340 e. The van der Waals surface area contributed by atoms with E-state index in [2.05, 4.69) is 18.5 Å². The van der Waals surface area contributed by atoms with Crippen LogP contribution in [0, 0.1) is 0 Å². The van der Waals surface area contributed by atoms with E-state index in [1.807, 2.05) is 17.8 Å². The number of benzene rings is 1. The van der Waals surface area contributed by atoms with Crippen LogP contribution >= 0.6 is 11.8 Å². The SMILES string of the molecule is COC(=O)c1cc(N)ccc1NCCC(C)SC. The van der Waals surface area contributed by atoms with Gasteiger partial charge in [0.15, 0.2) is 0 Å². The number of carbonyl (C=O) groups excluding carboxylic acids is 1. The van der Waals surface area contributed by atoms with Crippen LogP contribution in [0.3, 0.4) is 0 Å². The molecule has 0 aliphatic heterocycles. The molecule has 1 unspecified atom stereocenters. The van der Waals surface area contributed by atoms with Crippen molar-refractivity contribution in [3.8, 4) is 0 Å². The summed E-state index contributed by atoms with van der Waals surface area (Å²) in [5, 5.41) is 3.84. The van der Waals surface area contributed by atoms with Crippen LogP contribution in [0.15, 0.2) is 18.2 Å². The van der Waals surface area contributed by atoms with Gasteiger partial charge in [0.05, 0.1) is 12.7 Å². The van der Waals surface area contributed by atoms with Gasteiger partial charge in [0, 0.05) is 23.2 Å². The Balaban J connectivity index is 2.72. The number of nitrogens with one attached hydrogen (secondary N) is 1. The number of carbonyl (C=O) groups is 1. The number of methoxy groups -OCH3 is 1. The molecule has 0 amide bonds. The van der Waals surface area contributed by atoms with Crippen molar-refractivity contribution >= 4 is 29.1 Å². The minimum Gasteiger partial charge on any atom is -0.465 e. The van der Waals surface area contributed by atoms with Gasteiger partial charge in [-0.1, -0.05) is 6.92 Å². The highest BCUT2D eigenvalue weighted by atomic mass is 32.2. The summed E-state index contributed by atoms with van der Waals surface area (Å²) in [6.45, 7) is 2.99. The van der Waals surface area contributed by atoms with Crippen LogP contribution in [0.2, 0.25) is 0 Å². The Kier molecular flexibility index (Phi) is 5.85. The molecular formula is C13H20N2O2S. The molecule has 1 aromatic carbocycles. The van der Waals surface area contributed by atoms with E-state index in [1.54, 1.807) is 12.1 Å². The van der Waals surface area contributed by atoms with E-state index in [9.17, 15) is 4.79 Å². The lowest BCUT2D eigenvalue weighted by molar-refractivity contribution is 0.0602. The Morgan fingerprint density at radius 1 is 1.56 bits per heavy atom. The quantitative estimate of drug-likeness (QED) is 0.613. The van der Waals surface area contributed by atoms with Gasteiger partial charge < -0.3 is 15.8 Å². The molecule has 18 heavy (non-hydrogen) atoms. The molecule has 0 aromatic heterocycles. The Labute approximate surface area is 112 Å². The van der Waals surface area contributed by atoms with E-state index in [4.69, 9.17) is 10.5 Å². The third-order valence-corrected chi connectivity index (χ3v) is 3.76. The Bertz CT molecular complexity index is 410. The third kappa shape index (κ3) is 4.14. The van der Waals surface area contributed by atoms with Crippen LogP contribution in [-0.4, -0.2) is 31.1 Å². The van der Waals surface area contributed by atoms with E-state index >= 15 is 0 Å². The summed E-state index contributed by atoms with van der Waals surface area (Å²) < 4.78 is 4.74. The molecule has 0 saturated heterocycles. The minimum atomic E-state index is -0.372. The molecule has 3 N–H and O–H groups in total. The summed E-state index contributed by atoms with van der Waals surface area (Å²) in [6, 6.07) is 5.21. The summed E-state index contributed by atoms with van der Waals surface area (Å²) in [4.78, 5) is 11.6. The average molecular weight is 268 g/mol. The first kappa shape index (κ1) is 14.7. The standard InChI is InChI=1S/C13H20N2O2S/c1-9(18-3)6-7-15-12-5-4-10(14)8-11(12)13(16)17-2/h4-5,8-9,15H,6-7,14H2,1-3H3. The summed E-state index contributed by atoms with van der Waals surface area (Å²) in [5.74, 6) is -0.372. The molecule has 0 aliphatic rings. The van der Waals surface area contributed by atoms with E-state index < -0.39 is 0 Å². The zero-order valence-corrected chi connectivity index (χ0v) is 11.8. The van der Waals surface area contributed by atoms with Crippen LogP contribution in [-0.2, 0) is 4.74 Å². The first-order valence-electron chi connectivity index (χ1n) is 5.83. The first-order chi connectivity index (χ1) is 8.58. The number of nitrogens with two attached hydrogens (primary N) is 1. The number of ether oxygens (including phenoxy) is 1. The molecule has 1 rings (SSSR count). The molecule has 1 atom stereocenters. The fourth-order valence-electron chi connectivity index (χ4n) is 1.52. The van der Waals surface area contributed by atoms with E-state index in [1.165, 1.54) is 7.11 Å². The molecule has 0 aliphatic carbocycles. The Morgan fingerprint density at radius 3 is 2.89 bits per heavy atom. The van der Waals surface area contributed by atoms with Gasteiger partial charge in [-0.3, -0.25) is 0 Å². The van der Waals surface area contributed by atoms with Crippen LogP contribution in [0.1, 0.15) is 23.7 Å². The van der Waals surface area contributed by atoms with Gasteiger partial charge in [-0.05, 0) is 30.9 Å². The first-order valence-corrected chi connectivity index (χ1v) is 7.11. The number of hydrogen-bond acceptors (Lipinski definition) is 5. The Hall–Kier alpha value is -1.36. The third-order valence-electron chi connectivity index (χ3n) is 2.72. The molecule has 0 heterocycles. The predicted molar refractivity (Wildman–Crippen MR) is 78.3 cm³/mol. The van der Waals surface area contributed by atoms with Crippen LogP contribution in [0.25, 0.3) is 0 Å². The zero-order chi connectivity index (χ0) is 13.5. The lowest BCUT2D eigenvalue weighted by Gasteiger charge is -2.13. The second-order valence-corrected chi connectivity index (χ2v) is 5.33. The van der Waals surface area contributed by atoms with Crippen molar-refractivity contribution < 1.29 is 9.53 Å². The van der Waals surface area contributed by atoms with Gasteiger partial charge >= 0.3 is 5.97 Å². The topological polar surface area (TPSA) is 64.3 Å².